The quantitative estimate of drug-likeness (QED) is 0.534. The molecule has 2 aliphatic heterocycles. The number of benzene rings is 2. The smallest absolute Gasteiger partial charge is 0.251 e. The molecule has 6 nitrogen and oxygen atoms in total. The number of anilines is 1. The summed E-state index contributed by atoms with van der Waals surface area (Å²) in [5, 5.41) is 16.6. The number of amides is 1. The maximum absolute atomic E-state index is 13.2. The third kappa shape index (κ3) is 6.38. The first kappa shape index (κ1) is 23.8. The van der Waals surface area contributed by atoms with Gasteiger partial charge >= 0.3 is 0 Å². The molecule has 3 N–H and O–H groups in total. The van der Waals surface area contributed by atoms with Gasteiger partial charge in [0.25, 0.3) is 5.91 Å². The van der Waals surface area contributed by atoms with Crippen molar-refractivity contribution in [1.82, 2.24) is 5.32 Å². The van der Waals surface area contributed by atoms with Crippen LogP contribution in [0.15, 0.2) is 54.6 Å². The number of hydrogen-bond acceptors (Lipinski definition) is 6. The maximum Gasteiger partial charge on any atom is 0.251 e. The molecule has 0 spiro atoms. The lowest BCUT2D eigenvalue weighted by Gasteiger charge is -2.26. The minimum atomic E-state index is -0.860. The number of rotatable bonds is 7. The van der Waals surface area contributed by atoms with Gasteiger partial charge in [0.2, 0.25) is 5.12 Å². The number of aliphatic hydroxyl groups excluding tert-OH is 1. The van der Waals surface area contributed by atoms with Crippen LogP contribution in [-0.2, 0) is 9.53 Å². The molecule has 2 heterocycles. The van der Waals surface area contributed by atoms with Crippen LogP contribution < -0.4 is 10.6 Å². The van der Waals surface area contributed by atoms with E-state index in [9.17, 15) is 14.7 Å². The molecule has 174 valence electrons. The van der Waals surface area contributed by atoms with Gasteiger partial charge in [-0.2, -0.15) is 0 Å². The highest BCUT2D eigenvalue weighted by molar-refractivity contribution is 8.13. The van der Waals surface area contributed by atoms with E-state index in [1.165, 1.54) is 11.8 Å². The van der Waals surface area contributed by atoms with E-state index in [1.54, 1.807) is 30.3 Å². The van der Waals surface area contributed by atoms with Gasteiger partial charge in [-0.1, -0.05) is 41.6 Å². The molecular formula is C25H27ClN2O4S. The SMILES string of the molecule is O=C(NC(CC1=CC(O)Nc2ccccc21)C(=O)SCC1CCCCO1)c1ccc(Cl)cc1. The van der Waals surface area contributed by atoms with Crippen LogP contribution in [0.5, 0.6) is 0 Å². The molecule has 33 heavy (non-hydrogen) atoms. The van der Waals surface area contributed by atoms with Gasteiger partial charge in [0.05, 0.1) is 6.10 Å². The van der Waals surface area contributed by atoms with E-state index in [2.05, 4.69) is 10.6 Å². The highest BCUT2D eigenvalue weighted by Crippen LogP contribution is 2.33. The second-order valence-electron chi connectivity index (χ2n) is 8.18. The number of hydrogen-bond donors (Lipinski definition) is 3. The summed E-state index contributed by atoms with van der Waals surface area (Å²) in [6.45, 7) is 0.727. The van der Waals surface area contributed by atoms with Gasteiger partial charge in [0.1, 0.15) is 12.3 Å². The van der Waals surface area contributed by atoms with Gasteiger partial charge in [-0.05, 0) is 61.2 Å². The number of ether oxygens (including phenoxy) is 1. The summed E-state index contributed by atoms with van der Waals surface area (Å²) in [6.07, 6.45) is 4.25. The monoisotopic (exact) mass is 486 g/mol. The predicted octanol–water partition coefficient (Wildman–Crippen LogP) is 4.48. The fraction of sp³-hybridized carbons (Fsp3) is 0.360. The lowest BCUT2D eigenvalue weighted by molar-refractivity contribution is -0.112. The maximum atomic E-state index is 13.2. The van der Waals surface area contributed by atoms with Crippen molar-refractivity contribution in [2.75, 3.05) is 17.7 Å². The Morgan fingerprint density at radius 2 is 1.97 bits per heavy atom. The molecule has 3 atom stereocenters. The van der Waals surface area contributed by atoms with Crippen LogP contribution in [0.4, 0.5) is 5.69 Å². The van der Waals surface area contributed by atoms with Crippen LogP contribution >= 0.6 is 23.4 Å². The zero-order chi connectivity index (χ0) is 23.2. The fourth-order valence-electron chi connectivity index (χ4n) is 4.02. The Hall–Kier alpha value is -2.32. The van der Waals surface area contributed by atoms with Crippen molar-refractivity contribution in [3.63, 3.8) is 0 Å². The summed E-state index contributed by atoms with van der Waals surface area (Å²) >= 11 is 7.14. The summed E-state index contributed by atoms with van der Waals surface area (Å²) in [5.41, 5.74) is 2.93. The zero-order valence-corrected chi connectivity index (χ0v) is 19.7. The topological polar surface area (TPSA) is 87.7 Å². The van der Waals surface area contributed by atoms with Crippen molar-refractivity contribution in [3.8, 4) is 0 Å². The molecule has 1 fully saturated rings. The molecule has 1 amide bonds. The molecule has 2 aromatic carbocycles. The summed E-state index contributed by atoms with van der Waals surface area (Å²) in [6, 6.07) is 13.4. The van der Waals surface area contributed by atoms with Crippen molar-refractivity contribution in [2.45, 2.75) is 44.1 Å². The number of para-hydroxylation sites is 1. The minimum Gasteiger partial charge on any atom is -0.377 e. The molecule has 0 saturated carbocycles. The van der Waals surface area contributed by atoms with Gasteiger partial charge in [-0.3, -0.25) is 9.59 Å². The highest BCUT2D eigenvalue weighted by atomic mass is 35.5. The van der Waals surface area contributed by atoms with Crippen LogP contribution in [0.1, 0.15) is 41.6 Å². The van der Waals surface area contributed by atoms with E-state index in [1.807, 2.05) is 24.3 Å². The molecule has 2 aromatic rings. The minimum absolute atomic E-state index is 0.0564. The molecular weight excluding hydrogens is 460 g/mol. The van der Waals surface area contributed by atoms with E-state index in [0.717, 1.165) is 42.7 Å². The van der Waals surface area contributed by atoms with E-state index in [-0.39, 0.29) is 23.5 Å². The highest BCUT2D eigenvalue weighted by Gasteiger charge is 2.27. The molecule has 8 heteroatoms. The number of carbonyl (C=O) groups is 2. The van der Waals surface area contributed by atoms with Crippen molar-refractivity contribution < 1.29 is 19.4 Å². The number of aliphatic hydroxyl groups is 1. The lowest BCUT2D eigenvalue weighted by atomic mass is 9.94. The number of halogens is 1. The normalized spacial score (nSPS) is 20.7. The largest absolute Gasteiger partial charge is 0.377 e. The first-order valence-corrected chi connectivity index (χ1v) is 12.5. The number of nitrogens with one attached hydrogen (secondary N) is 2. The van der Waals surface area contributed by atoms with Crippen LogP contribution in [0.3, 0.4) is 0 Å². The third-order valence-corrected chi connectivity index (χ3v) is 7.10. The molecule has 0 aliphatic carbocycles. The average molecular weight is 487 g/mol. The standard InChI is InChI=1S/C25H27ClN2O4S/c26-18-10-8-16(9-11-18)24(30)28-22(25(31)33-15-19-5-3-4-12-32-19)13-17-14-23(29)27-21-7-2-1-6-20(17)21/h1-2,6-11,14,19,22-23,27,29H,3-5,12-13,15H2,(H,28,30). The van der Waals surface area contributed by atoms with Crippen LogP contribution in [0.25, 0.3) is 5.57 Å². The lowest BCUT2D eigenvalue weighted by Crippen LogP contribution is -2.40. The Labute approximate surface area is 202 Å². The zero-order valence-electron chi connectivity index (χ0n) is 18.1. The van der Waals surface area contributed by atoms with E-state index in [4.69, 9.17) is 16.3 Å². The van der Waals surface area contributed by atoms with Crippen molar-refractivity contribution in [3.05, 3.63) is 70.8 Å². The van der Waals surface area contributed by atoms with Gasteiger partial charge in [0, 0.05) is 40.6 Å². The molecule has 3 unspecified atom stereocenters. The third-order valence-electron chi connectivity index (χ3n) is 5.74. The summed E-state index contributed by atoms with van der Waals surface area (Å²) in [7, 11) is 0. The fourth-order valence-corrected chi connectivity index (χ4v) is 5.10. The Bertz CT molecular complexity index is 1020. The predicted molar refractivity (Wildman–Crippen MR) is 132 cm³/mol. The van der Waals surface area contributed by atoms with E-state index < -0.39 is 12.3 Å². The Morgan fingerprint density at radius 1 is 1.18 bits per heavy atom. The van der Waals surface area contributed by atoms with Crippen LogP contribution in [0.2, 0.25) is 5.02 Å². The second-order valence-corrected chi connectivity index (χ2v) is 9.64. The number of fused-ring (bicyclic) bond motifs is 1. The Balaban J connectivity index is 1.51. The van der Waals surface area contributed by atoms with E-state index >= 15 is 0 Å². The van der Waals surface area contributed by atoms with Crippen LogP contribution in [0, 0.1) is 0 Å². The number of carbonyl (C=O) groups excluding carboxylic acids is 2. The molecule has 0 aromatic heterocycles. The van der Waals surface area contributed by atoms with Crippen LogP contribution in [-0.4, -0.2) is 46.9 Å². The Kier molecular flexibility index (Phi) is 8.09. The first-order chi connectivity index (χ1) is 16.0. The second kappa shape index (κ2) is 11.2. The first-order valence-electron chi connectivity index (χ1n) is 11.1. The van der Waals surface area contributed by atoms with Gasteiger partial charge in [-0.15, -0.1) is 0 Å². The molecule has 2 aliphatic rings. The van der Waals surface area contributed by atoms with Gasteiger partial charge in [-0.25, -0.2) is 0 Å². The van der Waals surface area contributed by atoms with Crippen molar-refractivity contribution in [1.29, 1.82) is 0 Å². The average Bonchev–Trinajstić information content (AvgIpc) is 2.83. The van der Waals surface area contributed by atoms with Gasteiger partial charge in [0.15, 0.2) is 0 Å². The number of thioether (sulfide) groups is 1. The summed E-state index contributed by atoms with van der Waals surface area (Å²) in [5.74, 6) is 0.217. The summed E-state index contributed by atoms with van der Waals surface area (Å²) in [4.78, 5) is 26.1. The molecule has 4 rings (SSSR count). The van der Waals surface area contributed by atoms with E-state index in [0.29, 0.717) is 16.3 Å². The van der Waals surface area contributed by atoms with Crippen molar-refractivity contribution >= 4 is 45.6 Å². The Morgan fingerprint density at radius 3 is 2.73 bits per heavy atom. The molecule has 1 saturated heterocycles. The van der Waals surface area contributed by atoms with Gasteiger partial charge < -0.3 is 20.5 Å². The molecule has 0 radical (unpaired) electrons. The van der Waals surface area contributed by atoms with Crippen molar-refractivity contribution in [2.24, 2.45) is 0 Å². The molecule has 0 bridgehead atoms. The summed E-state index contributed by atoms with van der Waals surface area (Å²) < 4.78 is 5.75.